The number of thiophene rings is 1. The Bertz CT molecular complexity index is 954. The summed E-state index contributed by atoms with van der Waals surface area (Å²) in [6.45, 7) is -0.348. The first-order valence-electron chi connectivity index (χ1n) is 8.27. The van der Waals surface area contributed by atoms with Crippen molar-refractivity contribution in [1.82, 2.24) is 9.97 Å². The van der Waals surface area contributed by atoms with Crippen molar-refractivity contribution >= 4 is 27.4 Å². The van der Waals surface area contributed by atoms with Gasteiger partial charge in [0.25, 0.3) is 0 Å². The van der Waals surface area contributed by atoms with Crippen LogP contribution in [0.2, 0.25) is 0 Å². The van der Waals surface area contributed by atoms with Crippen molar-refractivity contribution in [3.05, 3.63) is 52.2 Å². The molecule has 4 rings (SSSR count). The molecule has 0 saturated heterocycles. The number of anilines is 1. The predicted molar refractivity (Wildman–Crippen MR) is 94.3 cm³/mol. The summed E-state index contributed by atoms with van der Waals surface area (Å²) >= 11 is 1.63. The highest BCUT2D eigenvalue weighted by molar-refractivity contribution is 7.19. The molecule has 8 heteroatoms. The fourth-order valence-corrected chi connectivity index (χ4v) is 4.60. The van der Waals surface area contributed by atoms with Crippen LogP contribution < -0.4 is 5.32 Å². The van der Waals surface area contributed by atoms with Crippen LogP contribution in [0.4, 0.5) is 19.0 Å². The number of hydrogen-bond donors (Lipinski definition) is 2. The number of aryl methyl sites for hydroxylation is 2. The lowest BCUT2D eigenvalue weighted by Gasteiger charge is -2.19. The topological polar surface area (TPSA) is 58.0 Å². The minimum Gasteiger partial charge on any atom is -0.394 e. The monoisotopic (exact) mass is 379 g/mol. The van der Waals surface area contributed by atoms with Crippen molar-refractivity contribution < 1.29 is 18.3 Å². The molecular weight excluding hydrogens is 363 g/mol. The third-order valence-corrected chi connectivity index (χ3v) is 5.81. The molecule has 0 bridgehead atoms. The Morgan fingerprint density at radius 1 is 1.23 bits per heavy atom. The zero-order chi connectivity index (χ0) is 18.3. The molecule has 2 N–H and O–H groups in total. The van der Waals surface area contributed by atoms with Gasteiger partial charge in [0, 0.05) is 4.88 Å². The Morgan fingerprint density at radius 2 is 2.08 bits per heavy atom. The van der Waals surface area contributed by atoms with Crippen LogP contribution in [0.3, 0.4) is 0 Å². The van der Waals surface area contributed by atoms with E-state index >= 15 is 0 Å². The van der Waals surface area contributed by atoms with E-state index in [9.17, 15) is 18.3 Å². The molecule has 1 aromatic carbocycles. The molecule has 0 radical (unpaired) electrons. The quantitative estimate of drug-likeness (QED) is 0.708. The Labute approximate surface area is 151 Å². The normalized spacial score (nSPS) is 15.2. The van der Waals surface area contributed by atoms with Crippen molar-refractivity contribution in [2.45, 2.75) is 31.5 Å². The van der Waals surface area contributed by atoms with Gasteiger partial charge in [-0.3, -0.25) is 0 Å². The molecule has 4 nitrogen and oxygen atoms in total. The number of halogens is 3. The average molecular weight is 379 g/mol. The Hall–Kier alpha value is -2.19. The zero-order valence-electron chi connectivity index (χ0n) is 13.7. The van der Waals surface area contributed by atoms with Crippen LogP contribution in [0.15, 0.2) is 30.6 Å². The minimum absolute atomic E-state index is 0.348. The summed E-state index contributed by atoms with van der Waals surface area (Å²) in [5.74, 6) is 0.561. The largest absolute Gasteiger partial charge is 0.416 e. The molecule has 1 atom stereocenters. The molecule has 2 heterocycles. The number of fused-ring (bicyclic) bond motifs is 3. The molecule has 136 valence electrons. The van der Waals surface area contributed by atoms with E-state index in [1.807, 2.05) is 0 Å². The van der Waals surface area contributed by atoms with Crippen molar-refractivity contribution in [1.29, 1.82) is 0 Å². The van der Waals surface area contributed by atoms with Gasteiger partial charge in [0.1, 0.15) is 17.0 Å². The summed E-state index contributed by atoms with van der Waals surface area (Å²) < 4.78 is 38.9. The molecular formula is C18H16F3N3OS. The lowest BCUT2D eigenvalue weighted by atomic mass is 10.0. The summed E-state index contributed by atoms with van der Waals surface area (Å²) in [5, 5.41) is 13.8. The summed E-state index contributed by atoms with van der Waals surface area (Å²) in [6.07, 6.45) is 0.0728. The third-order valence-electron chi connectivity index (χ3n) is 4.61. The SMILES string of the molecule is OCC(Nc1ncnc2sc3c(c12)CCC3)c1cccc(C(F)(F)F)c1. The van der Waals surface area contributed by atoms with E-state index in [1.54, 1.807) is 17.4 Å². The molecule has 1 aliphatic rings. The van der Waals surface area contributed by atoms with Crippen LogP contribution in [0.25, 0.3) is 10.2 Å². The third kappa shape index (κ3) is 3.03. The first-order valence-corrected chi connectivity index (χ1v) is 9.09. The van der Waals surface area contributed by atoms with Gasteiger partial charge >= 0.3 is 6.18 Å². The van der Waals surface area contributed by atoms with Crippen LogP contribution in [-0.4, -0.2) is 21.7 Å². The summed E-state index contributed by atoms with van der Waals surface area (Å²) in [6, 6.07) is 4.31. The van der Waals surface area contributed by atoms with Crippen LogP contribution in [0, 0.1) is 0 Å². The van der Waals surface area contributed by atoms with E-state index in [4.69, 9.17) is 0 Å². The molecule has 0 amide bonds. The zero-order valence-corrected chi connectivity index (χ0v) is 14.5. The maximum Gasteiger partial charge on any atom is 0.416 e. The predicted octanol–water partition coefficient (Wildman–Crippen LogP) is 4.34. The maximum atomic E-state index is 13.0. The van der Waals surface area contributed by atoms with Crippen molar-refractivity contribution in [3.8, 4) is 0 Å². The van der Waals surface area contributed by atoms with Crippen LogP contribution in [0.1, 0.15) is 34.0 Å². The van der Waals surface area contributed by atoms with Gasteiger partial charge in [-0.25, -0.2) is 9.97 Å². The lowest BCUT2D eigenvalue weighted by Crippen LogP contribution is -2.17. The average Bonchev–Trinajstić information content (AvgIpc) is 3.20. The molecule has 0 saturated carbocycles. The highest BCUT2D eigenvalue weighted by Crippen LogP contribution is 2.40. The van der Waals surface area contributed by atoms with E-state index in [0.29, 0.717) is 11.4 Å². The van der Waals surface area contributed by atoms with Crippen LogP contribution >= 0.6 is 11.3 Å². The summed E-state index contributed by atoms with van der Waals surface area (Å²) in [4.78, 5) is 10.8. The standard InChI is InChI=1S/C18H16F3N3OS/c19-18(20,21)11-4-1-3-10(7-11)13(8-25)24-16-15-12-5-2-6-14(12)26-17(15)23-9-22-16/h1,3-4,7,9,13,25H,2,5-6,8H2,(H,22,23,24). The van der Waals surface area contributed by atoms with E-state index in [1.165, 1.54) is 22.8 Å². The lowest BCUT2D eigenvalue weighted by molar-refractivity contribution is -0.137. The van der Waals surface area contributed by atoms with E-state index in [-0.39, 0.29) is 6.61 Å². The fraction of sp³-hybridized carbons (Fsp3) is 0.333. The minimum atomic E-state index is -4.42. The highest BCUT2D eigenvalue weighted by atomic mass is 32.1. The first-order chi connectivity index (χ1) is 12.5. The molecule has 0 aliphatic heterocycles. The second-order valence-corrected chi connectivity index (χ2v) is 7.35. The molecule has 1 aliphatic carbocycles. The van der Waals surface area contributed by atoms with Gasteiger partial charge in [-0.1, -0.05) is 12.1 Å². The van der Waals surface area contributed by atoms with Gasteiger partial charge in [0.15, 0.2) is 0 Å². The fourth-order valence-electron chi connectivity index (χ4n) is 3.37. The van der Waals surface area contributed by atoms with Gasteiger partial charge in [0.05, 0.1) is 23.6 Å². The van der Waals surface area contributed by atoms with Gasteiger partial charge in [-0.2, -0.15) is 13.2 Å². The maximum absolute atomic E-state index is 13.0. The number of nitrogens with one attached hydrogen (secondary N) is 1. The number of nitrogens with zero attached hydrogens (tertiary/aromatic N) is 2. The number of rotatable bonds is 4. The van der Waals surface area contributed by atoms with Crippen molar-refractivity contribution in [2.75, 3.05) is 11.9 Å². The first kappa shape index (κ1) is 17.2. The number of hydrogen-bond acceptors (Lipinski definition) is 5. The Kier molecular flexibility index (Phi) is 4.32. The summed E-state index contributed by atoms with van der Waals surface area (Å²) in [7, 11) is 0. The van der Waals surface area contributed by atoms with Gasteiger partial charge < -0.3 is 10.4 Å². The van der Waals surface area contributed by atoms with Crippen molar-refractivity contribution in [2.24, 2.45) is 0 Å². The summed E-state index contributed by atoms with van der Waals surface area (Å²) in [5.41, 5.74) is 0.842. The van der Waals surface area contributed by atoms with E-state index < -0.39 is 17.8 Å². The smallest absolute Gasteiger partial charge is 0.394 e. The second kappa shape index (κ2) is 6.51. The Balaban J connectivity index is 1.71. The van der Waals surface area contributed by atoms with Gasteiger partial charge in [0.2, 0.25) is 0 Å². The molecule has 2 aromatic heterocycles. The molecule has 26 heavy (non-hydrogen) atoms. The number of aromatic nitrogens is 2. The molecule has 0 spiro atoms. The number of aliphatic hydroxyl groups excluding tert-OH is 1. The second-order valence-electron chi connectivity index (χ2n) is 6.26. The number of alkyl halides is 3. The van der Waals surface area contributed by atoms with Crippen molar-refractivity contribution in [3.63, 3.8) is 0 Å². The van der Waals surface area contributed by atoms with Gasteiger partial charge in [-0.15, -0.1) is 11.3 Å². The molecule has 0 fully saturated rings. The molecule has 1 unspecified atom stereocenters. The van der Waals surface area contributed by atoms with Crippen LogP contribution in [0.5, 0.6) is 0 Å². The number of aliphatic hydroxyl groups is 1. The number of benzene rings is 1. The molecule has 3 aromatic rings. The van der Waals surface area contributed by atoms with E-state index in [0.717, 1.165) is 41.6 Å². The van der Waals surface area contributed by atoms with Crippen LogP contribution in [-0.2, 0) is 19.0 Å². The van der Waals surface area contributed by atoms with Gasteiger partial charge in [-0.05, 0) is 42.5 Å². The van der Waals surface area contributed by atoms with E-state index in [2.05, 4.69) is 15.3 Å². The Morgan fingerprint density at radius 3 is 2.85 bits per heavy atom. The highest BCUT2D eigenvalue weighted by Gasteiger charge is 2.31.